The Morgan fingerprint density at radius 3 is 1.51 bits per heavy atom. The summed E-state index contributed by atoms with van der Waals surface area (Å²) >= 11 is 0. The van der Waals surface area contributed by atoms with E-state index in [9.17, 15) is 0 Å². The molecule has 2 aliphatic carbocycles. The number of benzene rings is 7. The molecular formula is C48H39N. The lowest BCUT2D eigenvalue weighted by atomic mass is 9.78. The third-order valence-electron chi connectivity index (χ3n) is 11.0. The fourth-order valence-electron chi connectivity index (χ4n) is 8.67. The Morgan fingerprint density at radius 2 is 0.837 bits per heavy atom. The van der Waals surface area contributed by atoms with Crippen LogP contribution in [0.3, 0.4) is 0 Å². The van der Waals surface area contributed by atoms with Crippen LogP contribution in [0.4, 0.5) is 17.1 Å². The second-order valence-corrected chi connectivity index (χ2v) is 14.6. The molecule has 1 nitrogen and oxygen atoms in total. The maximum absolute atomic E-state index is 2.50. The van der Waals surface area contributed by atoms with Gasteiger partial charge >= 0.3 is 0 Å². The monoisotopic (exact) mass is 629 g/mol. The smallest absolute Gasteiger partial charge is 0.0540 e. The maximum Gasteiger partial charge on any atom is 0.0540 e. The number of anilines is 3. The van der Waals surface area contributed by atoms with Gasteiger partial charge < -0.3 is 4.90 Å². The molecule has 236 valence electrons. The summed E-state index contributed by atoms with van der Waals surface area (Å²) in [5.41, 5.74) is 19.0. The molecule has 0 N–H and O–H groups in total. The van der Waals surface area contributed by atoms with Crippen LogP contribution in [0.1, 0.15) is 49.9 Å². The molecule has 0 atom stereocenters. The summed E-state index contributed by atoms with van der Waals surface area (Å²) in [7, 11) is 0. The zero-order valence-electron chi connectivity index (χ0n) is 28.5. The van der Waals surface area contributed by atoms with E-state index in [0.29, 0.717) is 0 Å². The van der Waals surface area contributed by atoms with Crippen LogP contribution in [0, 0.1) is 0 Å². The van der Waals surface area contributed by atoms with Gasteiger partial charge in [0.2, 0.25) is 0 Å². The topological polar surface area (TPSA) is 3.24 Å². The Kier molecular flexibility index (Phi) is 6.58. The molecular weight excluding hydrogens is 591 g/mol. The summed E-state index contributed by atoms with van der Waals surface area (Å²) in [5, 5.41) is 0. The molecule has 0 amide bonds. The van der Waals surface area contributed by atoms with Crippen molar-refractivity contribution < 1.29 is 0 Å². The van der Waals surface area contributed by atoms with Crippen molar-refractivity contribution in [2.24, 2.45) is 0 Å². The highest BCUT2D eigenvalue weighted by molar-refractivity contribution is 5.96. The van der Waals surface area contributed by atoms with Crippen LogP contribution < -0.4 is 4.90 Å². The van der Waals surface area contributed by atoms with E-state index in [-0.39, 0.29) is 10.8 Å². The summed E-state index contributed by atoms with van der Waals surface area (Å²) in [5.74, 6) is 0. The third-order valence-corrected chi connectivity index (χ3v) is 11.0. The lowest BCUT2D eigenvalue weighted by Crippen LogP contribution is -2.18. The van der Waals surface area contributed by atoms with Gasteiger partial charge in [-0.25, -0.2) is 0 Å². The van der Waals surface area contributed by atoms with Gasteiger partial charge in [0.05, 0.1) is 5.69 Å². The second-order valence-electron chi connectivity index (χ2n) is 14.6. The minimum Gasteiger partial charge on any atom is -0.310 e. The molecule has 7 aromatic rings. The van der Waals surface area contributed by atoms with E-state index in [2.05, 4.69) is 196 Å². The van der Waals surface area contributed by atoms with Crippen molar-refractivity contribution in [2.45, 2.75) is 38.5 Å². The number of hydrogen-bond acceptors (Lipinski definition) is 1. The minimum absolute atomic E-state index is 0.108. The molecule has 0 radical (unpaired) electrons. The van der Waals surface area contributed by atoms with Crippen LogP contribution in [0.2, 0.25) is 0 Å². The van der Waals surface area contributed by atoms with Crippen molar-refractivity contribution in [3.05, 3.63) is 186 Å². The average Bonchev–Trinajstić information content (AvgIpc) is 3.52. The quantitative estimate of drug-likeness (QED) is 0.183. The fraction of sp³-hybridized carbons (Fsp3) is 0.125. The number of rotatable bonds is 5. The molecule has 0 saturated carbocycles. The lowest BCUT2D eigenvalue weighted by Gasteiger charge is -2.31. The SMILES string of the molecule is CC1(C)c2ccccc2-c2ccc(N(c3cc(-c4ccccc4)c4c(c3)-c3ccccc3C4(C)C)c3ccccc3-c3ccccc3)cc21. The van der Waals surface area contributed by atoms with Gasteiger partial charge in [-0.05, 0) is 91.5 Å². The summed E-state index contributed by atoms with van der Waals surface area (Å²) in [6.45, 7) is 9.50. The van der Waals surface area contributed by atoms with Gasteiger partial charge in [-0.2, -0.15) is 0 Å². The lowest BCUT2D eigenvalue weighted by molar-refractivity contribution is 0.660. The van der Waals surface area contributed by atoms with Crippen molar-refractivity contribution in [3.63, 3.8) is 0 Å². The molecule has 0 unspecified atom stereocenters. The molecule has 0 aromatic heterocycles. The molecule has 0 heterocycles. The molecule has 2 aliphatic rings. The van der Waals surface area contributed by atoms with Crippen molar-refractivity contribution >= 4 is 17.1 Å². The van der Waals surface area contributed by atoms with Crippen molar-refractivity contribution in [1.82, 2.24) is 0 Å². The highest BCUT2D eigenvalue weighted by Gasteiger charge is 2.39. The second kappa shape index (κ2) is 10.9. The first-order chi connectivity index (χ1) is 23.8. The van der Waals surface area contributed by atoms with Crippen LogP contribution in [-0.4, -0.2) is 0 Å². The third kappa shape index (κ3) is 4.46. The molecule has 0 aliphatic heterocycles. The van der Waals surface area contributed by atoms with E-state index in [4.69, 9.17) is 0 Å². The van der Waals surface area contributed by atoms with Crippen LogP contribution in [0.25, 0.3) is 44.5 Å². The van der Waals surface area contributed by atoms with Gasteiger partial charge in [-0.1, -0.05) is 161 Å². The van der Waals surface area contributed by atoms with Gasteiger partial charge in [0.15, 0.2) is 0 Å². The molecule has 7 aromatic carbocycles. The molecule has 0 fully saturated rings. The molecule has 0 spiro atoms. The summed E-state index contributed by atoms with van der Waals surface area (Å²) in [6.07, 6.45) is 0. The van der Waals surface area contributed by atoms with E-state index in [1.807, 2.05) is 0 Å². The predicted molar refractivity (Wildman–Crippen MR) is 207 cm³/mol. The summed E-state index contributed by atoms with van der Waals surface area (Å²) in [6, 6.07) is 60.5. The summed E-state index contributed by atoms with van der Waals surface area (Å²) < 4.78 is 0. The first-order valence-corrected chi connectivity index (χ1v) is 17.4. The Labute approximate surface area is 290 Å². The van der Waals surface area contributed by atoms with E-state index >= 15 is 0 Å². The zero-order valence-corrected chi connectivity index (χ0v) is 28.5. The summed E-state index contributed by atoms with van der Waals surface area (Å²) in [4.78, 5) is 2.50. The number of para-hydroxylation sites is 1. The van der Waals surface area contributed by atoms with Gasteiger partial charge in [0.1, 0.15) is 0 Å². The number of hydrogen-bond donors (Lipinski definition) is 0. The Balaban J connectivity index is 1.35. The van der Waals surface area contributed by atoms with Crippen molar-refractivity contribution in [2.75, 3.05) is 4.90 Å². The van der Waals surface area contributed by atoms with Gasteiger partial charge in [0, 0.05) is 27.8 Å². The minimum atomic E-state index is -0.133. The number of fused-ring (bicyclic) bond motifs is 6. The Morgan fingerprint density at radius 1 is 0.347 bits per heavy atom. The van der Waals surface area contributed by atoms with Crippen LogP contribution in [0.5, 0.6) is 0 Å². The molecule has 49 heavy (non-hydrogen) atoms. The average molecular weight is 630 g/mol. The number of nitrogens with zero attached hydrogens (tertiary/aromatic N) is 1. The van der Waals surface area contributed by atoms with Gasteiger partial charge in [-0.3, -0.25) is 0 Å². The maximum atomic E-state index is 2.50. The normalized spacial score (nSPS) is 14.4. The largest absolute Gasteiger partial charge is 0.310 e. The van der Waals surface area contributed by atoms with Crippen LogP contribution in [-0.2, 0) is 10.8 Å². The van der Waals surface area contributed by atoms with E-state index < -0.39 is 0 Å². The highest BCUT2D eigenvalue weighted by Crippen LogP contribution is 2.56. The first-order valence-electron chi connectivity index (χ1n) is 17.4. The van der Waals surface area contributed by atoms with Crippen molar-refractivity contribution in [3.8, 4) is 44.5 Å². The van der Waals surface area contributed by atoms with Gasteiger partial charge in [0.25, 0.3) is 0 Å². The highest BCUT2D eigenvalue weighted by atomic mass is 15.1. The fourth-order valence-corrected chi connectivity index (χ4v) is 8.67. The molecule has 0 saturated heterocycles. The molecule has 1 heteroatoms. The molecule has 9 rings (SSSR count). The van der Waals surface area contributed by atoms with E-state index in [1.165, 1.54) is 66.8 Å². The van der Waals surface area contributed by atoms with Crippen LogP contribution in [0.15, 0.2) is 164 Å². The Bertz CT molecular complexity index is 2380. The standard InChI is InChI=1S/C48H39N/c1-47(2)42-24-14-11-22-37(42)39-28-27-34(31-44(39)47)49(45-26-16-13-21-36(45)32-17-7-5-8-18-32)35-29-40(33-19-9-6-10-20-33)46-41(30-35)38-23-12-15-25-43(38)48(46,3)4/h5-31H,1-4H3. The predicted octanol–water partition coefficient (Wildman–Crippen LogP) is 13.1. The van der Waals surface area contributed by atoms with Crippen molar-refractivity contribution in [1.29, 1.82) is 0 Å². The van der Waals surface area contributed by atoms with E-state index in [0.717, 1.165) is 17.1 Å². The van der Waals surface area contributed by atoms with Crippen LogP contribution >= 0.6 is 0 Å². The zero-order chi connectivity index (χ0) is 33.3. The molecule has 0 bridgehead atoms. The Hall–Kier alpha value is -5.66. The van der Waals surface area contributed by atoms with E-state index in [1.54, 1.807) is 0 Å². The van der Waals surface area contributed by atoms with Gasteiger partial charge in [-0.15, -0.1) is 0 Å². The first kappa shape index (κ1) is 29.5.